The average molecular weight is 236 g/mol. The van der Waals surface area contributed by atoms with Crippen molar-refractivity contribution >= 4 is 0 Å². The quantitative estimate of drug-likeness (QED) is 0.370. The first-order valence-electron chi connectivity index (χ1n) is 7.63. The van der Waals surface area contributed by atoms with E-state index < -0.39 is 0 Å². The number of unbranched alkanes of at least 4 members (excludes halogenated alkanes) is 13. The maximum atomic E-state index is 8.34. The second-order valence-corrected chi connectivity index (χ2v) is 5.01. The summed E-state index contributed by atoms with van der Waals surface area (Å²) < 4.78 is 0. The van der Waals surface area contributed by atoms with Crippen molar-refractivity contribution in [2.45, 2.75) is 90.4 Å². The fourth-order valence-electron chi connectivity index (χ4n) is 2.15. The zero-order valence-corrected chi connectivity index (χ0v) is 11.7. The molecule has 0 aliphatic heterocycles. The molecule has 0 atom stereocenters. The lowest BCUT2D eigenvalue weighted by Gasteiger charge is -2.02. The average Bonchev–Trinajstić information content (AvgIpc) is 2.35. The Balaban J connectivity index is 2.87. The van der Waals surface area contributed by atoms with Crippen LogP contribution in [0.5, 0.6) is 0 Å². The fourth-order valence-corrected chi connectivity index (χ4v) is 2.15. The summed E-state index contributed by atoms with van der Waals surface area (Å²) in [4.78, 5) is 0. The first kappa shape index (κ1) is 16.5. The van der Waals surface area contributed by atoms with Crippen LogP contribution in [0.3, 0.4) is 0 Å². The Morgan fingerprint density at radius 2 is 1.12 bits per heavy atom. The van der Waals surface area contributed by atoms with Gasteiger partial charge in [-0.15, -0.1) is 0 Å². The Morgan fingerprint density at radius 3 is 1.53 bits per heavy atom. The highest BCUT2D eigenvalue weighted by Crippen LogP contribution is 2.12. The van der Waals surface area contributed by atoms with E-state index in [4.69, 9.17) is 5.26 Å². The molecule has 0 aromatic rings. The Hall–Kier alpha value is -0.510. The fraction of sp³-hybridized carbons (Fsp3) is 0.875. The molecule has 0 saturated carbocycles. The molecule has 0 saturated heterocycles. The van der Waals surface area contributed by atoms with Crippen molar-refractivity contribution in [3.05, 3.63) is 6.42 Å². The highest BCUT2D eigenvalue weighted by molar-refractivity contribution is 4.90. The Labute approximate surface area is 109 Å². The van der Waals surface area contributed by atoms with E-state index in [0.717, 1.165) is 6.42 Å². The lowest BCUT2D eigenvalue weighted by molar-refractivity contribution is 0.544. The van der Waals surface area contributed by atoms with Crippen LogP contribution < -0.4 is 0 Å². The van der Waals surface area contributed by atoms with E-state index in [0.29, 0.717) is 0 Å². The Kier molecular flexibility index (Phi) is 15.0. The van der Waals surface area contributed by atoms with Gasteiger partial charge in [0.25, 0.3) is 0 Å². The maximum Gasteiger partial charge on any atom is 0.0669 e. The number of hydrogen-bond acceptors (Lipinski definition) is 1. The monoisotopic (exact) mass is 236 g/mol. The summed E-state index contributed by atoms with van der Waals surface area (Å²) in [6, 6.07) is 2.08. The van der Waals surface area contributed by atoms with Crippen molar-refractivity contribution in [2.75, 3.05) is 0 Å². The van der Waals surface area contributed by atoms with Gasteiger partial charge >= 0.3 is 0 Å². The smallest absolute Gasteiger partial charge is 0.0669 e. The third kappa shape index (κ3) is 15.5. The molecule has 0 fully saturated rings. The first-order valence-corrected chi connectivity index (χ1v) is 7.63. The van der Waals surface area contributed by atoms with Crippen LogP contribution in [0.4, 0.5) is 0 Å². The van der Waals surface area contributed by atoms with Crippen LogP contribution in [-0.2, 0) is 0 Å². The maximum absolute atomic E-state index is 8.34. The molecule has 0 N–H and O–H groups in total. The lowest BCUT2D eigenvalue weighted by Crippen LogP contribution is -1.82. The molecule has 0 aromatic carbocycles. The van der Waals surface area contributed by atoms with Gasteiger partial charge in [0.2, 0.25) is 0 Å². The summed E-state index contributed by atoms with van der Waals surface area (Å²) in [6.45, 7) is 2.27. The summed E-state index contributed by atoms with van der Waals surface area (Å²) in [5.41, 5.74) is 0. The molecule has 0 spiro atoms. The molecule has 0 aromatic heterocycles. The molecule has 1 heteroatoms. The molecule has 1 nitrogen and oxygen atoms in total. The largest absolute Gasteiger partial charge is 0.198 e. The number of rotatable bonds is 13. The van der Waals surface area contributed by atoms with Crippen LogP contribution in [0.25, 0.3) is 0 Å². The predicted octanol–water partition coefficient (Wildman–Crippen LogP) is 5.81. The first-order chi connectivity index (χ1) is 8.41. The van der Waals surface area contributed by atoms with Crippen LogP contribution in [0.2, 0.25) is 0 Å². The molecule has 0 heterocycles. The topological polar surface area (TPSA) is 23.8 Å². The van der Waals surface area contributed by atoms with Gasteiger partial charge in [0.1, 0.15) is 0 Å². The van der Waals surface area contributed by atoms with Crippen LogP contribution >= 0.6 is 0 Å². The van der Waals surface area contributed by atoms with Crippen LogP contribution in [0.1, 0.15) is 90.4 Å². The van der Waals surface area contributed by atoms with Gasteiger partial charge in [0, 0.05) is 0 Å². The molecule has 0 bridgehead atoms. The number of hydrogen-bond donors (Lipinski definition) is 0. The van der Waals surface area contributed by atoms with Gasteiger partial charge in [-0.3, -0.25) is 0 Å². The second-order valence-electron chi connectivity index (χ2n) is 5.01. The van der Waals surface area contributed by atoms with E-state index in [1.54, 1.807) is 6.42 Å². The zero-order chi connectivity index (χ0) is 12.6. The number of nitrogens with zero attached hydrogens (tertiary/aromatic N) is 1. The van der Waals surface area contributed by atoms with E-state index in [2.05, 4.69) is 13.0 Å². The second kappa shape index (κ2) is 15.5. The molecule has 0 unspecified atom stereocenters. The minimum Gasteiger partial charge on any atom is -0.198 e. The molecule has 0 aliphatic rings. The molecule has 1 radical (unpaired) electrons. The van der Waals surface area contributed by atoms with Gasteiger partial charge in [-0.05, 0) is 6.42 Å². The number of nitriles is 1. The van der Waals surface area contributed by atoms with Crippen LogP contribution in [0.15, 0.2) is 0 Å². The molecule has 0 amide bonds. The van der Waals surface area contributed by atoms with Crippen molar-refractivity contribution in [2.24, 2.45) is 0 Å². The minimum atomic E-state index is 0.980. The van der Waals surface area contributed by atoms with E-state index in [9.17, 15) is 0 Å². The van der Waals surface area contributed by atoms with Crippen LogP contribution in [-0.4, -0.2) is 0 Å². The highest BCUT2D eigenvalue weighted by atomic mass is 14.2. The Morgan fingerprint density at radius 1 is 0.706 bits per heavy atom. The molecule has 0 aliphatic carbocycles. The van der Waals surface area contributed by atoms with Crippen molar-refractivity contribution < 1.29 is 0 Å². The summed E-state index contributed by atoms with van der Waals surface area (Å²) in [5.74, 6) is 0. The SMILES string of the molecule is CCCCCCCCCCCCCC[CH]C#N. The van der Waals surface area contributed by atoms with E-state index >= 15 is 0 Å². The standard InChI is InChI=1S/C16H30N/c1-2-3-4-5-6-7-8-9-10-11-12-13-14-15-16-17/h15H,2-14H2,1H3. The van der Waals surface area contributed by atoms with Gasteiger partial charge in [-0.1, -0.05) is 84.0 Å². The molecule has 17 heavy (non-hydrogen) atoms. The van der Waals surface area contributed by atoms with Crippen molar-refractivity contribution in [1.82, 2.24) is 0 Å². The molecule has 0 rings (SSSR count). The van der Waals surface area contributed by atoms with Gasteiger partial charge in [0.05, 0.1) is 12.5 Å². The van der Waals surface area contributed by atoms with Gasteiger partial charge in [-0.2, -0.15) is 5.26 Å². The summed E-state index contributed by atoms with van der Waals surface area (Å²) in [5, 5.41) is 8.34. The van der Waals surface area contributed by atoms with Gasteiger partial charge in [0.15, 0.2) is 0 Å². The summed E-state index contributed by atoms with van der Waals surface area (Å²) in [6.07, 6.45) is 19.3. The van der Waals surface area contributed by atoms with E-state index in [-0.39, 0.29) is 0 Å². The van der Waals surface area contributed by atoms with Gasteiger partial charge < -0.3 is 0 Å². The summed E-state index contributed by atoms with van der Waals surface area (Å²) in [7, 11) is 0. The zero-order valence-electron chi connectivity index (χ0n) is 11.7. The lowest BCUT2D eigenvalue weighted by atomic mass is 10.0. The highest BCUT2D eigenvalue weighted by Gasteiger charge is 1.93. The normalized spacial score (nSPS) is 10.4. The van der Waals surface area contributed by atoms with Crippen molar-refractivity contribution in [3.8, 4) is 6.07 Å². The Bertz CT molecular complexity index is 169. The molecule has 99 valence electrons. The summed E-state index contributed by atoms with van der Waals surface area (Å²) >= 11 is 0. The van der Waals surface area contributed by atoms with Crippen molar-refractivity contribution in [1.29, 1.82) is 5.26 Å². The third-order valence-corrected chi connectivity index (χ3v) is 3.29. The van der Waals surface area contributed by atoms with Gasteiger partial charge in [-0.25, -0.2) is 0 Å². The van der Waals surface area contributed by atoms with E-state index in [1.807, 2.05) is 0 Å². The third-order valence-electron chi connectivity index (χ3n) is 3.29. The van der Waals surface area contributed by atoms with Crippen LogP contribution in [0, 0.1) is 17.8 Å². The molecular formula is C16H30N. The van der Waals surface area contributed by atoms with Crippen molar-refractivity contribution in [3.63, 3.8) is 0 Å². The molecular weight excluding hydrogens is 206 g/mol. The minimum absolute atomic E-state index is 0.980. The van der Waals surface area contributed by atoms with E-state index in [1.165, 1.54) is 77.0 Å². The predicted molar refractivity (Wildman–Crippen MR) is 75.6 cm³/mol.